The van der Waals surface area contributed by atoms with E-state index in [0.29, 0.717) is 0 Å². The molecule has 0 radical (unpaired) electrons. The van der Waals surface area contributed by atoms with Crippen LogP contribution in [0.3, 0.4) is 0 Å². The Bertz CT molecular complexity index is 761. The molecule has 0 saturated heterocycles. The first kappa shape index (κ1) is 9.96. The molecule has 0 spiro atoms. The van der Waals surface area contributed by atoms with Gasteiger partial charge in [0.05, 0.1) is 16.7 Å². The highest BCUT2D eigenvalue weighted by atomic mass is 16.1. The minimum atomic E-state index is -0.312. The number of fused-ring (bicyclic) bond motifs is 3. The van der Waals surface area contributed by atoms with Crippen molar-refractivity contribution in [3.8, 4) is 0 Å². The van der Waals surface area contributed by atoms with E-state index in [9.17, 15) is 4.79 Å². The average Bonchev–Trinajstić information content (AvgIpc) is 2.37. The second-order valence-electron chi connectivity index (χ2n) is 3.91. The summed E-state index contributed by atoms with van der Waals surface area (Å²) in [6, 6.07) is 7.85. The molecule has 84 valence electrons. The summed E-state index contributed by atoms with van der Waals surface area (Å²) in [5.74, 6) is 0. The van der Waals surface area contributed by atoms with Crippen molar-refractivity contribution >= 4 is 21.8 Å². The van der Waals surface area contributed by atoms with Crippen LogP contribution in [0, 0.1) is 0 Å². The van der Waals surface area contributed by atoms with Gasteiger partial charge in [-0.05, 0) is 12.5 Å². The summed E-state index contributed by atoms with van der Waals surface area (Å²) in [6.45, 7) is 1.99. The number of pyridine rings is 1. The minimum Gasteiger partial charge on any atom is -0.303 e. The lowest BCUT2D eigenvalue weighted by atomic mass is 10.1. The fraction of sp³-hybridized carbons (Fsp3) is 0.154. The van der Waals surface area contributed by atoms with Gasteiger partial charge in [0.2, 0.25) is 0 Å². The number of aromatic amines is 1. The molecule has 1 aromatic carbocycles. The van der Waals surface area contributed by atoms with E-state index in [0.717, 1.165) is 33.9 Å². The monoisotopic (exact) mass is 225 g/mol. The topological polar surface area (TPSA) is 58.6 Å². The first-order chi connectivity index (χ1) is 8.29. The maximum absolute atomic E-state index is 11.5. The molecule has 2 aromatic heterocycles. The molecule has 0 aliphatic rings. The van der Waals surface area contributed by atoms with E-state index in [1.54, 1.807) is 6.20 Å². The van der Waals surface area contributed by atoms with E-state index in [4.69, 9.17) is 0 Å². The fourth-order valence-corrected chi connectivity index (χ4v) is 2.10. The molecule has 0 saturated carbocycles. The summed E-state index contributed by atoms with van der Waals surface area (Å²) in [5.41, 5.74) is 2.10. The van der Waals surface area contributed by atoms with E-state index < -0.39 is 0 Å². The van der Waals surface area contributed by atoms with Crippen molar-refractivity contribution in [3.63, 3.8) is 0 Å². The molecular formula is C13H11N3O. The SMILES string of the molecule is CCc1nc(=O)[nH]c2c1ccc1cccnc12. The molecule has 0 aliphatic heterocycles. The molecule has 0 unspecified atom stereocenters. The first-order valence-electron chi connectivity index (χ1n) is 5.56. The zero-order chi connectivity index (χ0) is 11.8. The van der Waals surface area contributed by atoms with Crippen LogP contribution in [0.25, 0.3) is 21.8 Å². The molecule has 4 nitrogen and oxygen atoms in total. The minimum absolute atomic E-state index is 0.312. The Kier molecular flexibility index (Phi) is 2.14. The standard InChI is InChI=1S/C13H11N3O/c1-2-10-9-6-5-8-4-3-7-14-11(8)12(9)16-13(17)15-10/h3-7H,2H2,1H3,(H,15,16,17). The Morgan fingerprint density at radius 1 is 1.29 bits per heavy atom. The van der Waals surface area contributed by atoms with Gasteiger partial charge >= 0.3 is 5.69 Å². The van der Waals surface area contributed by atoms with Crippen LogP contribution in [0.5, 0.6) is 0 Å². The third-order valence-corrected chi connectivity index (χ3v) is 2.89. The summed E-state index contributed by atoms with van der Waals surface area (Å²) in [5, 5.41) is 1.99. The van der Waals surface area contributed by atoms with Crippen LogP contribution in [0.15, 0.2) is 35.3 Å². The van der Waals surface area contributed by atoms with Crippen molar-refractivity contribution in [2.24, 2.45) is 0 Å². The van der Waals surface area contributed by atoms with E-state index in [1.165, 1.54) is 0 Å². The van der Waals surface area contributed by atoms with Crippen molar-refractivity contribution < 1.29 is 0 Å². The smallest absolute Gasteiger partial charge is 0.303 e. The Balaban J connectivity index is 2.58. The molecule has 3 rings (SSSR count). The van der Waals surface area contributed by atoms with Crippen LogP contribution in [0.4, 0.5) is 0 Å². The Hall–Kier alpha value is -2.23. The summed E-state index contributed by atoms with van der Waals surface area (Å²) >= 11 is 0. The number of H-pyrrole nitrogens is 1. The average molecular weight is 225 g/mol. The third-order valence-electron chi connectivity index (χ3n) is 2.89. The zero-order valence-corrected chi connectivity index (χ0v) is 9.40. The fourth-order valence-electron chi connectivity index (χ4n) is 2.10. The molecule has 1 N–H and O–H groups in total. The molecule has 0 amide bonds. The number of hydrogen-bond donors (Lipinski definition) is 1. The van der Waals surface area contributed by atoms with Crippen molar-refractivity contribution in [1.82, 2.24) is 15.0 Å². The van der Waals surface area contributed by atoms with Crippen LogP contribution in [-0.2, 0) is 6.42 Å². The van der Waals surface area contributed by atoms with Crippen LogP contribution in [0.2, 0.25) is 0 Å². The normalized spacial score (nSPS) is 11.1. The predicted octanol–water partition coefficient (Wildman–Crippen LogP) is 2.03. The van der Waals surface area contributed by atoms with Gasteiger partial charge < -0.3 is 4.98 Å². The highest BCUT2D eigenvalue weighted by molar-refractivity contribution is 6.03. The van der Waals surface area contributed by atoms with Gasteiger partial charge in [0.1, 0.15) is 0 Å². The van der Waals surface area contributed by atoms with Crippen molar-refractivity contribution in [1.29, 1.82) is 0 Å². The predicted molar refractivity (Wildman–Crippen MR) is 67.0 cm³/mol. The summed E-state index contributed by atoms with van der Waals surface area (Å²) in [7, 11) is 0. The number of nitrogens with zero attached hydrogens (tertiary/aromatic N) is 2. The molecule has 0 fully saturated rings. The summed E-state index contributed by atoms with van der Waals surface area (Å²) in [6.07, 6.45) is 2.46. The maximum atomic E-state index is 11.5. The quantitative estimate of drug-likeness (QED) is 0.645. The molecule has 17 heavy (non-hydrogen) atoms. The molecule has 0 bridgehead atoms. The lowest BCUT2D eigenvalue weighted by Crippen LogP contribution is -2.13. The van der Waals surface area contributed by atoms with Gasteiger partial charge in [-0.1, -0.05) is 25.1 Å². The first-order valence-corrected chi connectivity index (χ1v) is 5.56. The van der Waals surface area contributed by atoms with E-state index in [1.807, 2.05) is 31.2 Å². The molecule has 3 aromatic rings. The Morgan fingerprint density at radius 2 is 2.18 bits per heavy atom. The van der Waals surface area contributed by atoms with E-state index in [-0.39, 0.29) is 5.69 Å². The van der Waals surface area contributed by atoms with Gasteiger partial charge in [-0.15, -0.1) is 0 Å². The van der Waals surface area contributed by atoms with Crippen molar-refractivity contribution in [2.75, 3.05) is 0 Å². The van der Waals surface area contributed by atoms with Gasteiger partial charge in [0.15, 0.2) is 0 Å². The third kappa shape index (κ3) is 1.49. The second kappa shape index (κ2) is 3.66. The van der Waals surface area contributed by atoms with Crippen molar-refractivity contribution in [2.45, 2.75) is 13.3 Å². The highest BCUT2D eigenvalue weighted by Gasteiger charge is 2.07. The number of nitrogens with one attached hydrogen (secondary N) is 1. The van der Waals surface area contributed by atoms with Gasteiger partial charge in [-0.2, -0.15) is 4.98 Å². The van der Waals surface area contributed by atoms with Crippen LogP contribution >= 0.6 is 0 Å². The Labute approximate surface area is 97.3 Å². The lowest BCUT2D eigenvalue weighted by Gasteiger charge is -2.05. The second-order valence-corrected chi connectivity index (χ2v) is 3.91. The van der Waals surface area contributed by atoms with Crippen LogP contribution in [0.1, 0.15) is 12.6 Å². The van der Waals surface area contributed by atoms with Crippen LogP contribution in [-0.4, -0.2) is 15.0 Å². The number of rotatable bonds is 1. The molecule has 0 atom stereocenters. The number of aryl methyl sites for hydroxylation is 1. The van der Waals surface area contributed by atoms with Gasteiger partial charge in [0, 0.05) is 17.0 Å². The zero-order valence-electron chi connectivity index (χ0n) is 9.40. The molecule has 2 heterocycles. The summed E-state index contributed by atoms with van der Waals surface area (Å²) in [4.78, 5) is 22.6. The van der Waals surface area contributed by atoms with Gasteiger partial charge in [0.25, 0.3) is 0 Å². The van der Waals surface area contributed by atoms with Crippen molar-refractivity contribution in [3.05, 3.63) is 46.6 Å². The molecular weight excluding hydrogens is 214 g/mol. The number of benzene rings is 1. The highest BCUT2D eigenvalue weighted by Crippen LogP contribution is 2.22. The molecule has 0 aliphatic carbocycles. The largest absolute Gasteiger partial charge is 0.345 e. The molecule has 4 heteroatoms. The van der Waals surface area contributed by atoms with Gasteiger partial charge in [-0.25, -0.2) is 4.79 Å². The lowest BCUT2D eigenvalue weighted by molar-refractivity contribution is 0.991. The van der Waals surface area contributed by atoms with E-state index >= 15 is 0 Å². The maximum Gasteiger partial charge on any atom is 0.345 e. The summed E-state index contributed by atoms with van der Waals surface area (Å²) < 4.78 is 0. The van der Waals surface area contributed by atoms with Gasteiger partial charge in [-0.3, -0.25) is 4.98 Å². The number of hydrogen-bond acceptors (Lipinski definition) is 3. The number of aromatic nitrogens is 3. The van der Waals surface area contributed by atoms with E-state index in [2.05, 4.69) is 15.0 Å². The Morgan fingerprint density at radius 3 is 3.00 bits per heavy atom. The van der Waals surface area contributed by atoms with Crippen LogP contribution < -0.4 is 5.69 Å².